The summed E-state index contributed by atoms with van der Waals surface area (Å²) in [6.07, 6.45) is 2.56. The van der Waals surface area contributed by atoms with Crippen molar-refractivity contribution < 1.29 is 0 Å². The Labute approximate surface area is 90.1 Å². The van der Waals surface area contributed by atoms with Gasteiger partial charge in [0.25, 0.3) is 0 Å². The summed E-state index contributed by atoms with van der Waals surface area (Å²) < 4.78 is 0. The molecule has 0 spiro atoms. The highest BCUT2D eigenvalue weighted by Crippen LogP contribution is 2.10. The summed E-state index contributed by atoms with van der Waals surface area (Å²) in [7, 11) is 0. The van der Waals surface area contributed by atoms with Crippen LogP contribution in [0.3, 0.4) is 0 Å². The van der Waals surface area contributed by atoms with Crippen LogP contribution < -0.4 is 0 Å². The van der Waals surface area contributed by atoms with E-state index in [2.05, 4.69) is 43.0 Å². The normalized spacial score (nSPS) is 9.79. The molecule has 2 heterocycles. The summed E-state index contributed by atoms with van der Waals surface area (Å²) in [6, 6.07) is 3.84. The Morgan fingerprint density at radius 2 is 2.43 bits per heavy atom. The van der Waals surface area contributed by atoms with Gasteiger partial charge in [-0.05, 0) is 18.1 Å². The topological polar surface area (TPSA) is 41.6 Å². The lowest BCUT2D eigenvalue weighted by molar-refractivity contribution is 1.08. The number of H-pyrrole nitrogens is 1. The monoisotopic (exact) mass is 249 g/mol. The second kappa shape index (κ2) is 4.25. The first-order chi connectivity index (χ1) is 6.92. The van der Waals surface area contributed by atoms with E-state index in [9.17, 15) is 0 Å². The molecule has 0 unspecified atom stereocenters. The van der Waals surface area contributed by atoms with Crippen molar-refractivity contribution in [3.63, 3.8) is 0 Å². The highest BCUT2D eigenvalue weighted by Gasteiger charge is 2.01. The molecule has 14 heavy (non-hydrogen) atoms. The molecule has 3 nitrogen and oxygen atoms in total. The molecule has 2 rings (SSSR count). The first-order valence-corrected chi connectivity index (χ1v) is 5.38. The number of pyridine rings is 1. The third-order valence-corrected chi connectivity index (χ3v) is 2.16. The molecule has 1 N–H and O–H groups in total. The summed E-state index contributed by atoms with van der Waals surface area (Å²) in [4.78, 5) is 4.11. The van der Waals surface area contributed by atoms with Crippen LogP contribution in [0.5, 0.6) is 0 Å². The number of halogens is 1. The number of nitrogens with one attached hydrogen (secondary N) is 1. The maximum absolute atomic E-state index is 4.11. The van der Waals surface area contributed by atoms with Gasteiger partial charge in [-0.15, -0.1) is 0 Å². The highest BCUT2D eigenvalue weighted by molar-refractivity contribution is 9.09. The molecule has 0 radical (unpaired) electrons. The van der Waals surface area contributed by atoms with E-state index in [0.29, 0.717) is 0 Å². The number of aromatic amines is 1. The quantitative estimate of drug-likeness (QED) is 0.622. The zero-order chi connectivity index (χ0) is 9.80. The first kappa shape index (κ1) is 9.22. The van der Waals surface area contributed by atoms with Gasteiger partial charge >= 0.3 is 0 Å². The number of rotatable bonds is 1. The van der Waals surface area contributed by atoms with Crippen molar-refractivity contribution in [2.45, 2.75) is 6.42 Å². The number of hydrogen-bond acceptors (Lipinski definition) is 2. The molecule has 0 aliphatic heterocycles. The van der Waals surface area contributed by atoms with Crippen molar-refractivity contribution >= 4 is 27.0 Å². The van der Waals surface area contributed by atoms with Crippen molar-refractivity contribution in [3.8, 4) is 11.8 Å². The lowest BCUT2D eigenvalue weighted by atomic mass is 10.2. The third-order valence-electron chi connectivity index (χ3n) is 1.76. The number of fused-ring (bicyclic) bond motifs is 1. The largest absolute Gasteiger partial charge is 0.267 e. The zero-order valence-electron chi connectivity index (χ0n) is 7.42. The number of alkyl halides is 1. The van der Waals surface area contributed by atoms with Crippen molar-refractivity contribution in [1.29, 1.82) is 0 Å². The third kappa shape index (κ3) is 1.78. The van der Waals surface area contributed by atoms with Crippen LogP contribution in [0.4, 0.5) is 0 Å². The predicted molar refractivity (Wildman–Crippen MR) is 59.2 cm³/mol. The first-order valence-electron chi connectivity index (χ1n) is 4.26. The molecule has 0 bridgehead atoms. The zero-order valence-corrected chi connectivity index (χ0v) is 9.00. The molecule has 0 aliphatic carbocycles. The Hall–Kier alpha value is -1.34. The fourth-order valence-corrected chi connectivity index (χ4v) is 1.34. The van der Waals surface area contributed by atoms with Crippen molar-refractivity contribution in [1.82, 2.24) is 15.2 Å². The molecule has 2 aromatic heterocycles. The average molecular weight is 250 g/mol. The van der Waals surface area contributed by atoms with E-state index in [-0.39, 0.29) is 0 Å². The smallest absolute Gasteiger partial charge is 0.182 e. The molecule has 4 heteroatoms. The minimum Gasteiger partial charge on any atom is -0.267 e. The lowest BCUT2D eigenvalue weighted by Gasteiger charge is -1.84. The van der Waals surface area contributed by atoms with Crippen LogP contribution in [0.2, 0.25) is 0 Å². The van der Waals surface area contributed by atoms with E-state index in [1.54, 1.807) is 6.20 Å². The van der Waals surface area contributed by atoms with Crippen LogP contribution in [0, 0.1) is 11.8 Å². The summed E-state index contributed by atoms with van der Waals surface area (Å²) in [5.74, 6) is 6.06. The predicted octanol–water partition coefficient (Wildman–Crippen LogP) is 2.09. The molecular weight excluding hydrogens is 242 g/mol. The molecule has 0 saturated carbocycles. The van der Waals surface area contributed by atoms with Gasteiger partial charge in [-0.3, -0.25) is 5.10 Å². The average Bonchev–Trinajstić information content (AvgIpc) is 2.63. The van der Waals surface area contributed by atoms with Crippen molar-refractivity contribution in [2.75, 3.05) is 5.33 Å². The molecule has 2 aromatic rings. The maximum Gasteiger partial charge on any atom is 0.182 e. The van der Waals surface area contributed by atoms with Crippen LogP contribution in [0.15, 0.2) is 18.3 Å². The minimum atomic E-state index is 0.718. The van der Waals surface area contributed by atoms with Crippen LogP contribution in [0.1, 0.15) is 12.1 Å². The summed E-state index contributed by atoms with van der Waals surface area (Å²) in [5, 5.41) is 8.79. The standard InChI is InChI=1S/C10H8BrN3/c11-6-2-1-5-9-8-4-3-7-12-10(8)14-13-9/h3-4,7H,2,6H2,(H,12,13,14). The van der Waals surface area contributed by atoms with Gasteiger partial charge in [0.2, 0.25) is 0 Å². The van der Waals surface area contributed by atoms with E-state index in [0.717, 1.165) is 28.5 Å². The molecule has 0 aliphatic rings. The molecule has 0 saturated heterocycles. The maximum atomic E-state index is 4.11. The molecule has 0 fully saturated rings. The van der Waals surface area contributed by atoms with Crippen molar-refractivity contribution in [3.05, 3.63) is 24.0 Å². The van der Waals surface area contributed by atoms with Crippen molar-refractivity contribution in [2.24, 2.45) is 0 Å². The van der Waals surface area contributed by atoms with Gasteiger partial charge in [-0.25, -0.2) is 4.98 Å². The highest BCUT2D eigenvalue weighted by atomic mass is 79.9. The second-order valence-electron chi connectivity index (χ2n) is 2.71. The summed E-state index contributed by atoms with van der Waals surface area (Å²) in [5.41, 5.74) is 1.56. The van der Waals surface area contributed by atoms with Gasteiger partial charge in [-0.1, -0.05) is 21.9 Å². The summed E-state index contributed by atoms with van der Waals surface area (Å²) >= 11 is 3.32. The van der Waals surface area contributed by atoms with Gasteiger partial charge in [0, 0.05) is 17.9 Å². The molecule has 0 amide bonds. The number of hydrogen-bond donors (Lipinski definition) is 1. The van der Waals surface area contributed by atoms with Crippen LogP contribution in [-0.4, -0.2) is 20.5 Å². The van der Waals surface area contributed by atoms with E-state index in [1.165, 1.54) is 0 Å². The molecule has 70 valence electrons. The van der Waals surface area contributed by atoms with Gasteiger partial charge < -0.3 is 0 Å². The van der Waals surface area contributed by atoms with E-state index in [4.69, 9.17) is 0 Å². The number of nitrogens with zero attached hydrogens (tertiary/aromatic N) is 2. The summed E-state index contributed by atoms with van der Waals surface area (Å²) in [6.45, 7) is 0. The fourth-order valence-electron chi connectivity index (χ4n) is 1.14. The second-order valence-corrected chi connectivity index (χ2v) is 3.51. The molecule has 0 atom stereocenters. The van der Waals surface area contributed by atoms with Gasteiger partial charge in [0.05, 0.1) is 5.39 Å². The number of aromatic nitrogens is 3. The van der Waals surface area contributed by atoms with E-state index in [1.807, 2.05) is 12.1 Å². The van der Waals surface area contributed by atoms with Crippen LogP contribution in [0.25, 0.3) is 11.0 Å². The van der Waals surface area contributed by atoms with Crippen LogP contribution >= 0.6 is 15.9 Å². The fraction of sp³-hybridized carbons (Fsp3) is 0.200. The Morgan fingerprint density at radius 3 is 3.29 bits per heavy atom. The van der Waals surface area contributed by atoms with E-state index >= 15 is 0 Å². The Bertz CT molecular complexity index is 493. The van der Waals surface area contributed by atoms with Gasteiger partial charge in [0.1, 0.15) is 5.69 Å². The Balaban J connectivity index is 2.40. The Morgan fingerprint density at radius 1 is 1.50 bits per heavy atom. The molecule has 0 aromatic carbocycles. The van der Waals surface area contributed by atoms with Gasteiger partial charge in [-0.2, -0.15) is 5.10 Å². The SMILES string of the molecule is BrCCC#Cc1[nH]nc2ncccc12. The lowest BCUT2D eigenvalue weighted by Crippen LogP contribution is -1.75. The minimum absolute atomic E-state index is 0.718. The Kier molecular flexibility index (Phi) is 2.80. The van der Waals surface area contributed by atoms with Gasteiger partial charge in [0.15, 0.2) is 5.65 Å². The van der Waals surface area contributed by atoms with E-state index < -0.39 is 0 Å². The molecular formula is C10H8BrN3. The van der Waals surface area contributed by atoms with Crippen LogP contribution in [-0.2, 0) is 0 Å².